The van der Waals surface area contributed by atoms with Crippen LogP contribution in [0.4, 0.5) is 5.69 Å². The van der Waals surface area contributed by atoms with E-state index in [1.165, 1.54) is 11.9 Å². The number of nitrogens with zero attached hydrogens (tertiary/aromatic N) is 2. The van der Waals surface area contributed by atoms with Crippen molar-refractivity contribution in [1.82, 2.24) is 4.31 Å². The maximum absolute atomic E-state index is 11.6. The summed E-state index contributed by atoms with van der Waals surface area (Å²) in [6.07, 6.45) is 4.24. The molecule has 1 heterocycles. The van der Waals surface area contributed by atoms with Crippen LogP contribution in [0, 0.1) is 5.92 Å². The first-order chi connectivity index (χ1) is 11.4. The molecule has 5 nitrogen and oxygen atoms in total. The molecular weight excluding hydrogens is 324 g/mol. The zero-order chi connectivity index (χ0) is 17.6. The van der Waals surface area contributed by atoms with Crippen LogP contribution in [0.25, 0.3) is 0 Å². The van der Waals surface area contributed by atoms with Gasteiger partial charge in [0.2, 0.25) is 10.0 Å². The Morgan fingerprint density at radius 1 is 1.25 bits per heavy atom. The van der Waals surface area contributed by atoms with Gasteiger partial charge in [-0.05, 0) is 44.2 Å². The fraction of sp³-hybridized carbons (Fsp3) is 0.667. The molecule has 0 spiro atoms. The lowest BCUT2D eigenvalue weighted by Gasteiger charge is -2.34. The third-order valence-corrected chi connectivity index (χ3v) is 5.81. The number of anilines is 1. The Kier molecular flexibility index (Phi) is 6.92. The molecule has 0 saturated carbocycles. The molecule has 1 aliphatic heterocycles. The summed E-state index contributed by atoms with van der Waals surface area (Å²) in [7, 11) is -3.05. The van der Waals surface area contributed by atoms with Gasteiger partial charge in [0.05, 0.1) is 12.9 Å². The summed E-state index contributed by atoms with van der Waals surface area (Å²) in [6, 6.07) is 8.26. The van der Waals surface area contributed by atoms with Gasteiger partial charge < -0.3 is 9.64 Å². The van der Waals surface area contributed by atoms with Crippen molar-refractivity contribution in [2.45, 2.75) is 33.1 Å². The van der Waals surface area contributed by atoms with Crippen molar-refractivity contribution in [1.29, 1.82) is 0 Å². The minimum atomic E-state index is -3.05. The molecule has 1 fully saturated rings. The van der Waals surface area contributed by atoms with E-state index in [1.54, 1.807) is 4.31 Å². The number of ether oxygens (including phenoxy) is 1. The number of benzene rings is 1. The fourth-order valence-corrected chi connectivity index (χ4v) is 4.14. The Balaban J connectivity index is 2.00. The van der Waals surface area contributed by atoms with Crippen molar-refractivity contribution >= 4 is 15.7 Å². The molecule has 0 unspecified atom stereocenters. The van der Waals surface area contributed by atoms with Crippen molar-refractivity contribution < 1.29 is 13.2 Å². The number of piperidine rings is 1. The molecule has 0 aliphatic carbocycles. The Morgan fingerprint density at radius 3 is 2.54 bits per heavy atom. The molecular formula is C18H30N2O3S. The molecule has 24 heavy (non-hydrogen) atoms. The molecule has 0 bridgehead atoms. The van der Waals surface area contributed by atoms with E-state index in [1.807, 2.05) is 19.1 Å². The van der Waals surface area contributed by atoms with Crippen LogP contribution in [0.3, 0.4) is 0 Å². The molecule has 1 aliphatic rings. The average molecular weight is 355 g/mol. The van der Waals surface area contributed by atoms with Gasteiger partial charge in [-0.3, -0.25) is 0 Å². The second-order valence-corrected chi connectivity index (χ2v) is 8.46. The van der Waals surface area contributed by atoms with Crippen molar-refractivity contribution in [3.05, 3.63) is 24.3 Å². The van der Waals surface area contributed by atoms with Gasteiger partial charge in [-0.2, -0.15) is 0 Å². The zero-order valence-corrected chi connectivity index (χ0v) is 15.9. The van der Waals surface area contributed by atoms with Crippen LogP contribution in [0.2, 0.25) is 0 Å². The van der Waals surface area contributed by atoms with Crippen molar-refractivity contribution in [3.63, 3.8) is 0 Å². The van der Waals surface area contributed by atoms with Crippen molar-refractivity contribution in [3.8, 4) is 5.75 Å². The molecule has 1 saturated heterocycles. The monoisotopic (exact) mass is 354 g/mol. The van der Waals surface area contributed by atoms with E-state index < -0.39 is 10.0 Å². The summed E-state index contributed by atoms with van der Waals surface area (Å²) in [5.41, 5.74) is 1.19. The van der Waals surface area contributed by atoms with Gasteiger partial charge in [0.1, 0.15) is 5.75 Å². The molecule has 0 amide bonds. The Bertz CT molecular complexity index is 610. The molecule has 0 aromatic heterocycles. The number of rotatable bonds is 8. The molecule has 0 atom stereocenters. The Hall–Kier alpha value is -1.27. The second-order valence-electron chi connectivity index (χ2n) is 6.48. The molecule has 6 heteroatoms. The highest BCUT2D eigenvalue weighted by Gasteiger charge is 2.26. The Labute approximate surface area is 146 Å². The van der Waals surface area contributed by atoms with Gasteiger partial charge in [0.25, 0.3) is 0 Å². The maximum atomic E-state index is 11.6. The topological polar surface area (TPSA) is 49.9 Å². The van der Waals surface area contributed by atoms with Crippen LogP contribution < -0.4 is 9.64 Å². The highest BCUT2D eigenvalue weighted by molar-refractivity contribution is 7.88. The quantitative estimate of drug-likeness (QED) is 0.720. The first-order valence-corrected chi connectivity index (χ1v) is 10.7. The highest BCUT2D eigenvalue weighted by atomic mass is 32.2. The Morgan fingerprint density at radius 2 is 1.96 bits per heavy atom. The second kappa shape index (κ2) is 8.72. The zero-order valence-electron chi connectivity index (χ0n) is 15.1. The lowest BCUT2D eigenvalue weighted by atomic mass is 9.97. The first kappa shape index (κ1) is 19.1. The molecule has 0 radical (unpaired) electrons. The minimum absolute atomic E-state index is 0.533. The number of hydrogen-bond donors (Lipinski definition) is 0. The summed E-state index contributed by atoms with van der Waals surface area (Å²) >= 11 is 0. The largest absolute Gasteiger partial charge is 0.494 e. The minimum Gasteiger partial charge on any atom is -0.494 e. The summed E-state index contributed by atoms with van der Waals surface area (Å²) < 4.78 is 30.5. The van der Waals surface area contributed by atoms with Gasteiger partial charge in [0, 0.05) is 37.9 Å². The van der Waals surface area contributed by atoms with E-state index >= 15 is 0 Å². The van der Waals surface area contributed by atoms with Crippen LogP contribution in [-0.4, -0.2) is 51.8 Å². The van der Waals surface area contributed by atoms with Gasteiger partial charge in [-0.25, -0.2) is 12.7 Å². The first-order valence-electron chi connectivity index (χ1n) is 8.87. The number of hydrogen-bond acceptors (Lipinski definition) is 4. The van der Waals surface area contributed by atoms with Gasteiger partial charge in [0.15, 0.2) is 0 Å². The smallest absolute Gasteiger partial charge is 0.211 e. The van der Waals surface area contributed by atoms with Crippen LogP contribution in [0.5, 0.6) is 5.75 Å². The lowest BCUT2D eigenvalue weighted by Crippen LogP contribution is -2.41. The maximum Gasteiger partial charge on any atom is 0.211 e. The summed E-state index contributed by atoms with van der Waals surface area (Å²) in [5, 5.41) is 0. The van der Waals surface area contributed by atoms with Crippen molar-refractivity contribution in [2.75, 3.05) is 43.9 Å². The summed E-state index contributed by atoms with van der Waals surface area (Å²) in [6.45, 7) is 8.10. The van der Waals surface area contributed by atoms with E-state index in [4.69, 9.17) is 4.74 Å². The molecule has 136 valence electrons. The number of sulfonamides is 1. The van der Waals surface area contributed by atoms with E-state index in [2.05, 4.69) is 24.0 Å². The fourth-order valence-electron chi connectivity index (χ4n) is 3.27. The van der Waals surface area contributed by atoms with E-state index in [9.17, 15) is 8.42 Å². The molecule has 1 aromatic carbocycles. The average Bonchev–Trinajstić information content (AvgIpc) is 2.55. The molecule has 1 aromatic rings. The summed E-state index contributed by atoms with van der Waals surface area (Å²) in [4.78, 5) is 2.41. The SMILES string of the molecule is CCCN(CC1CCN(S(C)(=O)=O)CC1)c1cccc(OCC)c1. The van der Waals surface area contributed by atoms with Crippen LogP contribution >= 0.6 is 0 Å². The van der Waals surface area contributed by atoms with E-state index in [0.717, 1.165) is 38.1 Å². The van der Waals surface area contributed by atoms with Gasteiger partial charge >= 0.3 is 0 Å². The van der Waals surface area contributed by atoms with Crippen LogP contribution in [-0.2, 0) is 10.0 Å². The van der Waals surface area contributed by atoms with E-state index in [0.29, 0.717) is 25.6 Å². The summed E-state index contributed by atoms with van der Waals surface area (Å²) in [5.74, 6) is 1.44. The van der Waals surface area contributed by atoms with Crippen molar-refractivity contribution in [2.24, 2.45) is 5.92 Å². The predicted molar refractivity (Wildman–Crippen MR) is 99.3 cm³/mol. The van der Waals surface area contributed by atoms with Crippen LogP contribution in [0.15, 0.2) is 24.3 Å². The third kappa shape index (κ3) is 5.38. The van der Waals surface area contributed by atoms with Crippen LogP contribution in [0.1, 0.15) is 33.1 Å². The van der Waals surface area contributed by atoms with Gasteiger partial charge in [-0.1, -0.05) is 13.0 Å². The normalized spacial score (nSPS) is 17.0. The van der Waals surface area contributed by atoms with Gasteiger partial charge in [-0.15, -0.1) is 0 Å². The highest BCUT2D eigenvalue weighted by Crippen LogP contribution is 2.26. The lowest BCUT2D eigenvalue weighted by molar-refractivity contribution is 0.276. The van der Waals surface area contributed by atoms with E-state index in [-0.39, 0.29) is 0 Å². The molecule has 2 rings (SSSR count). The third-order valence-electron chi connectivity index (χ3n) is 4.51. The predicted octanol–water partition coefficient (Wildman–Crippen LogP) is 2.97. The standard InChI is InChI=1S/C18H30N2O3S/c1-4-11-19(17-7-6-8-18(14-17)23-5-2)15-16-9-12-20(13-10-16)24(3,21)22/h6-8,14,16H,4-5,9-13,15H2,1-3H3. The molecule has 0 N–H and O–H groups in total.